The van der Waals surface area contributed by atoms with Gasteiger partial charge in [-0.1, -0.05) is 136 Å². The number of carbonyl (C=O) groups is 1. The minimum atomic E-state index is -0.278. The Balaban J connectivity index is 0.000000323. The molecule has 0 aliphatic rings. The molecule has 10 aromatic rings. The summed E-state index contributed by atoms with van der Waals surface area (Å²) in [6, 6.07) is 59.0. The molecule has 1 radical (unpaired) electrons. The number of fused-ring (bicyclic) bond motifs is 4. The number of halogens is 1. The van der Waals surface area contributed by atoms with Crippen molar-refractivity contribution in [2.45, 2.75) is 39.5 Å². The van der Waals surface area contributed by atoms with Crippen LogP contribution in [0.25, 0.3) is 72.4 Å². The summed E-state index contributed by atoms with van der Waals surface area (Å²) in [5.41, 5.74) is 13.0. The van der Waals surface area contributed by atoms with Gasteiger partial charge in [0.1, 0.15) is 5.58 Å². The van der Waals surface area contributed by atoms with Gasteiger partial charge in [-0.05, 0) is 76.2 Å². The quantitative estimate of drug-likeness (QED) is 0.112. The number of imidazole rings is 1. The van der Waals surface area contributed by atoms with E-state index >= 15 is 0 Å². The first-order chi connectivity index (χ1) is 29.7. The fourth-order valence-electron chi connectivity index (χ4n) is 7.93. The molecule has 0 amide bonds. The summed E-state index contributed by atoms with van der Waals surface area (Å²) in [7, 11) is 0. The second kappa shape index (κ2) is 18.1. The van der Waals surface area contributed by atoms with Crippen LogP contribution in [0.5, 0.6) is 0 Å². The summed E-state index contributed by atoms with van der Waals surface area (Å²) in [4.78, 5) is 22.7. The molecule has 0 unspecified atom stereocenters. The summed E-state index contributed by atoms with van der Waals surface area (Å²) < 4.78 is 21.5. The predicted octanol–water partition coefficient (Wildman–Crippen LogP) is 14.2. The molecule has 0 saturated heterocycles. The van der Waals surface area contributed by atoms with Crippen LogP contribution in [-0.4, -0.2) is 20.3 Å². The molecule has 3 aromatic heterocycles. The summed E-state index contributed by atoms with van der Waals surface area (Å²) in [6.07, 6.45) is 1.70. The van der Waals surface area contributed by atoms with Crippen molar-refractivity contribution >= 4 is 38.8 Å². The largest absolute Gasteiger partial charge is 0.501 e. The minimum absolute atomic E-state index is 0. The first-order valence-corrected chi connectivity index (χ1v) is 20.5. The van der Waals surface area contributed by atoms with E-state index in [1.54, 1.807) is 12.3 Å². The maximum atomic E-state index is 13.3. The van der Waals surface area contributed by atoms with Gasteiger partial charge in [0.25, 0.3) is 0 Å². The van der Waals surface area contributed by atoms with Crippen molar-refractivity contribution < 1.29 is 33.7 Å². The number of pyridine rings is 1. The van der Waals surface area contributed by atoms with Crippen LogP contribution in [0.15, 0.2) is 174 Å². The van der Waals surface area contributed by atoms with Gasteiger partial charge in [0.05, 0.1) is 22.4 Å². The third-order valence-corrected chi connectivity index (χ3v) is 11.0. The third-order valence-electron chi connectivity index (χ3n) is 11.0. The summed E-state index contributed by atoms with van der Waals surface area (Å²) in [6.45, 7) is 9.04. The molecule has 0 N–H and O–H groups in total. The molecule has 5 nitrogen and oxygen atoms in total. The molecule has 0 aliphatic carbocycles. The molecule has 0 fully saturated rings. The normalized spacial score (nSPS) is 11.2. The maximum absolute atomic E-state index is 13.3. The van der Waals surface area contributed by atoms with Crippen molar-refractivity contribution in [2.75, 3.05) is 0 Å². The summed E-state index contributed by atoms with van der Waals surface area (Å²) >= 11 is 0. The van der Waals surface area contributed by atoms with E-state index in [9.17, 15) is 9.18 Å². The predicted molar refractivity (Wildman–Crippen MR) is 245 cm³/mol. The molecule has 10 rings (SSSR count). The average molecular weight is 988 g/mol. The molecule has 0 bridgehead atoms. The molecule has 0 saturated carbocycles. The second-order valence-electron chi connectivity index (χ2n) is 15.7. The number of aromatic nitrogens is 3. The molecule has 0 aliphatic heterocycles. The van der Waals surface area contributed by atoms with E-state index in [1.165, 1.54) is 34.4 Å². The zero-order chi connectivity index (χ0) is 42.0. The van der Waals surface area contributed by atoms with Crippen molar-refractivity contribution in [2.24, 2.45) is 0 Å². The molecule has 0 atom stereocenters. The standard InChI is InChI=1S/C44H35N2O2.C11H7FN.Ir/c1-27(2)36-24-32(29-14-7-5-8-15-29)25-37(28(3)4)41(36)46-39-21-12-11-20-38(39)45-44(46)35-19-13-18-34-33-23-22-31(26-40(33)48-43(34)35)42(47)30-16-9-6-10-17-30;12-10-6-4-9(5-7-10)11-3-1-2-8-13-11;/h5-18,20-28H,1-4H3;1-4,6-8H;/q2*-1;. The van der Waals surface area contributed by atoms with Gasteiger partial charge in [-0.3, -0.25) is 14.2 Å². The van der Waals surface area contributed by atoms with Crippen LogP contribution in [0, 0.1) is 17.9 Å². The van der Waals surface area contributed by atoms with Crippen LogP contribution < -0.4 is 0 Å². The SMILES string of the molecule is CC(C)c1cc(-c2ccccc2)cc(C(C)C)c1-n1c(-c2[c-]ccc3c2oc2cc(C(=O)c4ccccc4)ccc23)nc2ccccc21.Fc1c[c-]c(-c2ccccn2)cc1.[Ir]. The van der Waals surface area contributed by atoms with Gasteiger partial charge in [0, 0.05) is 54.3 Å². The number of rotatable bonds is 8. The molecular formula is C55H42FIrN3O2-2. The van der Waals surface area contributed by atoms with E-state index in [0.29, 0.717) is 22.3 Å². The van der Waals surface area contributed by atoms with Crippen molar-refractivity contribution in [3.63, 3.8) is 0 Å². The van der Waals surface area contributed by atoms with E-state index in [2.05, 4.69) is 110 Å². The summed E-state index contributed by atoms with van der Waals surface area (Å²) in [5, 5.41) is 1.91. The van der Waals surface area contributed by atoms with Crippen LogP contribution in [0.4, 0.5) is 4.39 Å². The Morgan fingerprint density at radius 3 is 2.05 bits per heavy atom. The molecule has 0 spiro atoms. The van der Waals surface area contributed by atoms with Crippen LogP contribution in [0.1, 0.15) is 66.6 Å². The first-order valence-electron chi connectivity index (χ1n) is 20.5. The fourth-order valence-corrected chi connectivity index (χ4v) is 7.93. The number of furan rings is 1. The van der Waals surface area contributed by atoms with Gasteiger partial charge in [-0.15, -0.1) is 48.0 Å². The van der Waals surface area contributed by atoms with Crippen LogP contribution in [-0.2, 0) is 20.1 Å². The smallest absolute Gasteiger partial charge is 0.193 e. The van der Waals surface area contributed by atoms with Gasteiger partial charge in [0.2, 0.25) is 0 Å². The van der Waals surface area contributed by atoms with E-state index in [0.717, 1.165) is 50.1 Å². The van der Waals surface area contributed by atoms with E-state index < -0.39 is 0 Å². The topological polar surface area (TPSA) is 60.9 Å². The van der Waals surface area contributed by atoms with Gasteiger partial charge in [0.15, 0.2) is 5.78 Å². The van der Waals surface area contributed by atoms with E-state index in [1.807, 2.05) is 84.9 Å². The molecule has 3 heterocycles. The zero-order valence-corrected chi connectivity index (χ0v) is 37.1. The number of hydrogen-bond donors (Lipinski definition) is 0. The van der Waals surface area contributed by atoms with E-state index in [4.69, 9.17) is 9.40 Å². The number of hydrogen-bond acceptors (Lipinski definition) is 4. The number of nitrogens with zero attached hydrogens (tertiary/aromatic N) is 3. The van der Waals surface area contributed by atoms with E-state index in [-0.39, 0.29) is 43.5 Å². The minimum Gasteiger partial charge on any atom is -0.501 e. The van der Waals surface area contributed by atoms with Crippen molar-refractivity contribution in [1.29, 1.82) is 0 Å². The van der Waals surface area contributed by atoms with Crippen molar-refractivity contribution in [1.82, 2.24) is 14.5 Å². The molecular weight excluding hydrogens is 946 g/mol. The first kappa shape index (κ1) is 41.9. The third kappa shape index (κ3) is 8.17. The Hall–Kier alpha value is -6.79. The van der Waals surface area contributed by atoms with Gasteiger partial charge >= 0.3 is 0 Å². The number of ketones is 1. The monoisotopic (exact) mass is 988 g/mol. The van der Waals surface area contributed by atoms with Crippen molar-refractivity contribution in [3.05, 3.63) is 210 Å². The zero-order valence-electron chi connectivity index (χ0n) is 34.7. The Bertz CT molecular complexity index is 3130. The molecule has 307 valence electrons. The van der Waals surface area contributed by atoms with Gasteiger partial charge < -0.3 is 14.0 Å². The van der Waals surface area contributed by atoms with Crippen LogP contribution >= 0.6 is 0 Å². The maximum Gasteiger partial charge on any atom is 0.193 e. The Morgan fingerprint density at radius 1 is 0.677 bits per heavy atom. The fraction of sp³-hybridized carbons (Fsp3) is 0.109. The number of carbonyl (C=O) groups excluding carboxylic acids is 1. The Kier molecular flexibility index (Phi) is 12.2. The molecule has 62 heavy (non-hydrogen) atoms. The number of benzene rings is 7. The van der Waals surface area contributed by atoms with Crippen LogP contribution in [0.2, 0.25) is 0 Å². The summed E-state index contributed by atoms with van der Waals surface area (Å²) in [5.74, 6) is 0.966. The van der Waals surface area contributed by atoms with Gasteiger partial charge in [-0.2, -0.15) is 0 Å². The second-order valence-corrected chi connectivity index (χ2v) is 15.7. The number of para-hydroxylation sites is 2. The van der Waals surface area contributed by atoms with Crippen LogP contribution in [0.3, 0.4) is 0 Å². The Labute approximate surface area is 374 Å². The molecule has 7 heteroatoms. The Morgan fingerprint density at radius 2 is 1.37 bits per heavy atom. The molecule has 7 aromatic carbocycles. The average Bonchev–Trinajstić information content (AvgIpc) is 3.88. The van der Waals surface area contributed by atoms with Gasteiger partial charge in [-0.25, -0.2) is 0 Å². The van der Waals surface area contributed by atoms with Crippen molar-refractivity contribution in [3.8, 4) is 39.5 Å².